The van der Waals surface area contributed by atoms with Crippen molar-refractivity contribution >= 4 is 11.3 Å². The minimum atomic E-state index is -0.188. The Morgan fingerprint density at radius 1 is 1.17 bits per heavy atom. The molecule has 0 unspecified atom stereocenters. The van der Waals surface area contributed by atoms with Crippen LogP contribution in [0.2, 0.25) is 0 Å². The van der Waals surface area contributed by atoms with Crippen molar-refractivity contribution < 1.29 is 5.11 Å². The summed E-state index contributed by atoms with van der Waals surface area (Å²) in [7, 11) is 0. The van der Waals surface area contributed by atoms with Gasteiger partial charge in [0, 0.05) is 36.9 Å². The second kappa shape index (κ2) is 7.25. The van der Waals surface area contributed by atoms with Gasteiger partial charge in [0.2, 0.25) is 0 Å². The highest BCUT2D eigenvalue weighted by molar-refractivity contribution is 7.13. The minimum absolute atomic E-state index is 0.188. The molecular formula is C18H24N4OS. The van der Waals surface area contributed by atoms with Crippen LogP contribution in [0, 0.1) is 5.92 Å². The van der Waals surface area contributed by atoms with E-state index in [2.05, 4.69) is 20.2 Å². The van der Waals surface area contributed by atoms with Gasteiger partial charge in [0.25, 0.3) is 0 Å². The number of hydrogen-bond donors (Lipinski definition) is 1. The summed E-state index contributed by atoms with van der Waals surface area (Å²) < 4.78 is 0. The standard InChI is InChI=1S/C18H24N4OS/c23-15-9-16(13-5-2-1-3-6-13)22(11-15)10-14-12-24-18(21-14)17-19-7-4-8-20-17/h4,7-8,12-13,15-16,23H,1-3,5-6,9-11H2/t15-,16+/m0/s1. The third-order valence-electron chi connectivity index (χ3n) is 5.30. The van der Waals surface area contributed by atoms with E-state index in [0.717, 1.165) is 36.1 Å². The quantitative estimate of drug-likeness (QED) is 0.923. The Labute approximate surface area is 146 Å². The third-order valence-corrected chi connectivity index (χ3v) is 6.18. The molecule has 1 N–H and O–H groups in total. The van der Waals surface area contributed by atoms with E-state index in [-0.39, 0.29) is 6.10 Å². The zero-order chi connectivity index (χ0) is 16.4. The van der Waals surface area contributed by atoms with E-state index in [1.807, 2.05) is 6.07 Å². The fraction of sp³-hybridized carbons (Fsp3) is 0.611. The molecule has 3 heterocycles. The molecule has 0 spiro atoms. The van der Waals surface area contributed by atoms with Crippen LogP contribution in [0.15, 0.2) is 23.8 Å². The summed E-state index contributed by atoms with van der Waals surface area (Å²) in [6.45, 7) is 1.59. The molecule has 0 aromatic carbocycles. The van der Waals surface area contributed by atoms with Gasteiger partial charge in [-0.2, -0.15) is 0 Å². The molecule has 24 heavy (non-hydrogen) atoms. The van der Waals surface area contributed by atoms with Crippen LogP contribution in [0.4, 0.5) is 0 Å². The van der Waals surface area contributed by atoms with Crippen molar-refractivity contribution in [2.24, 2.45) is 5.92 Å². The average molecular weight is 344 g/mol. The first-order valence-corrected chi connectivity index (χ1v) is 9.81. The zero-order valence-corrected chi connectivity index (χ0v) is 14.7. The number of aromatic nitrogens is 3. The monoisotopic (exact) mass is 344 g/mol. The van der Waals surface area contributed by atoms with Crippen molar-refractivity contribution in [2.75, 3.05) is 6.54 Å². The van der Waals surface area contributed by atoms with Crippen molar-refractivity contribution in [3.63, 3.8) is 0 Å². The first-order chi connectivity index (χ1) is 11.8. The number of nitrogens with zero attached hydrogens (tertiary/aromatic N) is 4. The van der Waals surface area contributed by atoms with Gasteiger partial charge in [-0.15, -0.1) is 11.3 Å². The molecule has 0 bridgehead atoms. The van der Waals surface area contributed by atoms with Gasteiger partial charge < -0.3 is 5.11 Å². The fourth-order valence-electron chi connectivity index (χ4n) is 4.20. The molecule has 5 nitrogen and oxygen atoms in total. The molecule has 4 rings (SSSR count). The minimum Gasteiger partial charge on any atom is -0.392 e. The van der Waals surface area contributed by atoms with Crippen molar-refractivity contribution in [3.8, 4) is 10.8 Å². The van der Waals surface area contributed by atoms with Crippen molar-refractivity contribution in [2.45, 2.75) is 57.2 Å². The van der Waals surface area contributed by atoms with Crippen molar-refractivity contribution in [1.82, 2.24) is 19.9 Å². The van der Waals surface area contributed by atoms with E-state index in [9.17, 15) is 5.11 Å². The summed E-state index contributed by atoms with van der Waals surface area (Å²) in [5, 5.41) is 13.2. The Kier molecular flexibility index (Phi) is 4.87. The largest absolute Gasteiger partial charge is 0.392 e. The lowest BCUT2D eigenvalue weighted by atomic mass is 9.83. The molecule has 1 aliphatic carbocycles. The van der Waals surface area contributed by atoms with Crippen LogP contribution in [0.3, 0.4) is 0 Å². The predicted molar refractivity (Wildman–Crippen MR) is 94.5 cm³/mol. The number of hydrogen-bond acceptors (Lipinski definition) is 6. The molecule has 2 aliphatic rings. The molecule has 2 fully saturated rings. The van der Waals surface area contributed by atoms with Crippen LogP contribution in [0.25, 0.3) is 10.8 Å². The van der Waals surface area contributed by atoms with Gasteiger partial charge in [-0.25, -0.2) is 15.0 Å². The summed E-state index contributed by atoms with van der Waals surface area (Å²) in [6, 6.07) is 2.33. The molecule has 2 aromatic heterocycles. The predicted octanol–water partition coefficient (Wildman–Crippen LogP) is 3.12. The van der Waals surface area contributed by atoms with E-state index in [1.165, 1.54) is 32.1 Å². The van der Waals surface area contributed by atoms with Crippen LogP contribution in [0.5, 0.6) is 0 Å². The molecular weight excluding hydrogens is 320 g/mol. The Bertz CT molecular complexity index is 656. The van der Waals surface area contributed by atoms with E-state index in [4.69, 9.17) is 4.98 Å². The number of β-amino-alcohol motifs (C(OH)–C–C–N with tert-alkyl or cyclic N) is 1. The molecule has 0 radical (unpaired) electrons. The van der Waals surface area contributed by atoms with Crippen LogP contribution < -0.4 is 0 Å². The normalized spacial score (nSPS) is 26.0. The molecule has 2 aromatic rings. The second-order valence-corrected chi connectivity index (χ2v) is 7.86. The molecule has 1 aliphatic heterocycles. The number of aliphatic hydroxyl groups excluding tert-OH is 1. The van der Waals surface area contributed by atoms with E-state index < -0.39 is 0 Å². The molecule has 2 atom stereocenters. The summed E-state index contributed by atoms with van der Waals surface area (Å²) in [4.78, 5) is 15.7. The number of aliphatic hydroxyl groups is 1. The smallest absolute Gasteiger partial charge is 0.188 e. The average Bonchev–Trinajstić information content (AvgIpc) is 3.23. The summed E-state index contributed by atoms with van der Waals surface area (Å²) in [5.41, 5.74) is 1.07. The summed E-state index contributed by atoms with van der Waals surface area (Å²) in [5.74, 6) is 1.44. The topological polar surface area (TPSA) is 62.1 Å². The van der Waals surface area contributed by atoms with Crippen molar-refractivity contribution in [3.05, 3.63) is 29.5 Å². The number of likely N-dealkylation sites (tertiary alicyclic amines) is 1. The first kappa shape index (κ1) is 16.1. The Hall–Kier alpha value is -1.37. The van der Waals surface area contributed by atoms with E-state index in [0.29, 0.717) is 11.9 Å². The van der Waals surface area contributed by atoms with Gasteiger partial charge in [0.15, 0.2) is 10.8 Å². The number of thiazole rings is 1. The van der Waals surface area contributed by atoms with Gasteiger partial charge >= 0.3 is 0 Å². The Morgan fingerprint density at radius 2 is 1.96 bits per heavy atom. The van der Waals surface area contributed by atoms with Crippen molar-refractivity contribution in [1.29, 1.82) is 0 Å². The van der Waals surface area contributed by atoms with E-state index in [1.54, 1.807) is 23.7 Å². The highest BCUT2D eigenvalue weighted by Crippen LogP contribution is 2.35. The second-order valence-electron chi connectivity index (χ2n) is 7.00. The first-order valence-electron chi connectivity index (χ1n) is 8.93. The summed E-state index contributed by atoms with van der Waals surface area (Å²) in [6.07, 6.45) is 10.9. The fourth-order valence-corrected chi connectivity index (χ4v) is 4.96. The molecule has 6 heteroatoms. The maximum Gasteiger partial charge on any atom is 0.188 e. The van der Waals surface area contributed by atoms with Gasteiger partial charge in [-0.05, 0) is 31.2 Å². The van der Waals surface area contributed by atoms with Gasteiger partial charge in [-0.3, -0.25) is 4.90 Å². The van der Waals surface area contributed by atoms with Gasteiger partial charge in [0.05, 0.1) is 11.8 Å². The van der Waals surface area contributed by atoms with Crippen LogP contribution >= 0.6 is 11.3 Å². The Balaban J connectivity index is 1.46. The number of rotatable bonds is 4. The van der Waals surface area contributed by atoms with Crippen LogP contribution in [-0.2, 0) is 6.54 Å². The van der Waals surface area contributed by atoms with Gasteiger partial charge in [-0.1, -0.05) is 19.3 Å². The van der Waals surface area contributed by atoms with Crippen LogP contribution in [0.1, 0.15) is 44.2 Å². The molecule has 128 valence electrons. The third kappa shape index (κ3) is 3.50. The maximum atomic E-state index is 10.2. The lowest BCUT2D eigenvalue weighted by molar-refractivity contribution is 0.146. The highest BCUT2D eigenvalue weighted by atomic mass is 32.1. The van der Waals surface area contributed by atoms with Gasteiger partial charge in [0.1, 0.15) is 0 Å². The lowest BCUT2D eigenvalue weighted by Crippen LogP contribution is -2.36. The highest BCUT2D eigenvalue weighted by Gasteiger charge is 2.36. The Morgan fingerprint density at radius 3 is 2.75 bits per heavy atom. The lowest BCUT2D eigenvalue weighted by Gasteiger charge is -2.33. The zero-order valence-electron chi connectivity index (χ0n) is 13.8. The maximum absolute atomic E-state index is 10.2. The molecule has 0 amide bonds. The summed E-state index contributed by atoms with van der Waals surface area (Å²) >= 11 is 1.60. The molecule has 1 saturated heterocycles. The molecule has 1 saturated carbocycles. The SMILES string of the molecule is O[C@H]1C[C@H](C2CCCCC2)N(Cc2csc(-c3ncccn3)n2)C1. The van der Waals surface area contributed by atoms with E-state index >= 15 is 0 Å². The van der Waals surface area contributed by atoms with Crippen LogP contribution in [-0.4, -0.2) is 43.6 Å².